The van der Waals surface area contributed by atoms with Crippen LogP contribution >= 0.6 is 0 Å². The number of anilines is 2. The molecule has 0 aliphatic carbocycles. The van der Waals surface area contributed by atoms with Crippen molar-refractivity contribution >= 4 is 11.6 Å². The van der Waals surface area contributed by atoms with Gasteiger partial charge in [0.15, 0.2) is 0 Å². The molecule has 0 aromatic carbocycles. The van der Waals surface area contributed by atoms with Crippen molar-refractivity contribution in [3.63, 3.8) is 0 Å². The van der Waals surface area contributed by atoms with Crippen molar-refractivity contribution in [2.24, 2.45) is 0 Å². The molecule has 1 fully saturated rings. The molecule has 1 saturated heterocycles. The first-order valence-electron chi connectivity index (χ1n) is 5.65. The van der Waals surface area contributed by atoms with Crippen LogP contribution in [0.3, 0.4) is 0 Å². The van der Waals surface area contributed by atoms with Gasteiger partial charge in [-0.1, -0.05) is 6.92 Å². The minimum Gasteiger partial charge on any atom is -0.384 e. The molecule has 2 N–H and O–H groups in total. The Morgan fingerprint density at radius 3 is 3.07 bits per heavy atom. The topological polar surface area (TPSA) is 55.0 Å². The van der Waals surface area contributed by atoms with E-state index in [9.17, 15) is 0 Å². The van der Waals surface area contributed by atoms with Gasteiger partial charge in [0.05, 0.1) is 0 Å². The van der Waals surface area contributed by atoms with Gasteiger partial charge in [0.1, 0.15) is 18.0 Å². The minimum absolute atomic E-state index is 0.556. The lowest BCUT2D eigenvalue weighted by Gasteiger charge is -2.36. The predicted molar refractivity (Wildman–Crippen MR) is 61.7 cm³/mol. The number of nitrogens with two attached hydrogens (primary N) is 1. The number of hydrogen-bond donors (Lipinski definition) is 1. The number of hydrogen-bond acceptors (Lipinski definition) is 4. The SMILES string of the molecule is CC[C@H]1CCCCN1c1cc(N)ncn1. The molecule has 0 amide bonds. The summed E-state index contributed by atoms with van der Waals surface area (Å²) in [4.78, 5) is 10.6. The van der Waals surface area contributed by atoms with E-state index < -0.39 is 0 Å². The Bertz CT molecular complexity index is 326. The normalized spacial score (nSPS) is 21.7. The summed E-state index contributed by atoms with van der Waals surface area (Å²) in [7, 11) is 0. The molecule has 0 spiro atoms. The van der Waals surface area contributed by atoms with Gasteiger partial charge in [-0.3, -0.25) is 0 Å². The number of piperidine rings is 1. The average Bonchev–Trinajstić information content (AvgIpc) is 2.29. The van der Waals surface area contributed by atoms with Crippen LogP contribution in [0.25, 0.3) is 0 Å². The summed E-state index contributed by atoms with van der Waals surface area (Å²) < 4.78 is 0. The first kappa shape index (κ1) is 10.2. The maximum atomic E-state index is 5.67. The molecule has 1 aliphatic heterocycles. The van der Waals surface area contributed by atoms with Crippen LogP contribution in [0.15, 0.2) is 12.4 Å². The molecule has 4 heteroatoms. The van der Waals surface area contributed by atoms with Gasteiger partial charge in [-0.15, -0.1) is 0 Å². The molecule has 0 saturated carbocycles. The summed E-state index contributed by atoms with van der Waals surface area (Å²) in [6.45, 7) is 3.32. The molecule has 0 bridgehead atoms. The monoisotopic (exact) mass is 206 g/mol. The van der Waals surface area contributed by atoms with Crippen molar-refractivity contribution in [1.82, 2.24) is 9.97 Å². The molecule has 2 heterocycles. The highest BCUT2D eigenvalue weighted by atomic mass is 15.2. The third-order valence-electron chi connectivity index (χ3n) is 3.07. The third-order valence-corrected chi connectivity index (χ3v) is 3.07. The molecule has 1 aliphatic rings. The molecular weight excluding hydrogens is 188 g/mol. The van der Waals surface area contributed by atoms with Crippen LogP contribution in [0.2, 0.25) is 0 Å². The van der Waals surface area contributed by atoms with E-state index in [0.717, 1.165) is 12.4 Å². The Morgan fingerprint density at radius 1 is 1.47 bits per heavy atom. The van der Waals surface area contributed by atoms with Gasteiger partial charge in [-0.05, 0) is 25.7 Å². The standard InChI is InChI=1S/C11H18N4/c1-2-9-5-3-4-6-15(9)11-7-10(12)13-8-14-11/h7-9H,2-6H2,1H3,(H2,12,13,14)/t9-/m0/s1. The molecule has 82 valence electrons. The third kappa shape index (κ3) is 2.19. The zero-order chi connectivity index (χ0) is 10.7. The van der Waals surface area contributed by atoms with Gasteiger partial charge >= 0.3 is 0 Å². The number of aromatic nitrogens is 2. The van der Waals surface area contributed by atoms with Gasteiger partial charge in [-0.2, -0.15) is 0 Å². The molecule has 4 nitrogen and oxygen atoms in total. The minimum atomic E-state index is 0.556. The average molecular weight is 206 g/mol. The molecule has 1 aromatic heterocycles. The molecular formula is C11H18N4. The molecule has 1 atom stereocenters. The Labute approximate surface area is 90.5 Å². The van der Waals surface area contributed by atoms with Gasteiger partial charge in [0.25, 0.3) is 0 Å². The lowest BCUT2D eigenvalue weighted by atomic mass is 10.0. The first-order chi connectivity index (χ1) is 7.31. The largest absolute Gasteiger partial charge is 0.384 e. The number of nitrogen functional groups attached to an aromatic ring is 1. The van der Waals surface area contributed by atoms with Gasteiger partial charge in [0, 0.05) is 18.7 Å². The Balaban J connectivity index is 2.20. The van der Waals surface area contributed by atoms with Crippen LogP contribution in [0.5, 0.6) is 0 Å². The summed E-state index contributed by atoms with van der Waals surface area (Å²) >= 11 is 0. The van der Waals surface area contributed by atoms with Crippen LogP contribution in [0, 0.1) is 0 Å². The van der Waals surface area contributed by atoms with E-state index in [-0.39, 0.29) is 0 Å². The Hall–Kier alpha value is -1.32. The molecule has 15 heavy (non-hydrogen) atoms. The highest BCUT2D eigenvalue weighted by Crippen LogP contribution is 2.25. The maximum Gasteiger partial charge on any atom is 0.134 e. The van der Waals surface area contributed by atoms with Gasteiger partial charge < -0.3 is 10.6 Å². The van der Waals surface area contributed by atoms with Crippen molar-refractivity contribution in [3.05, 3.63) is 12.4 Å². The van der Waals surface area contributed by atoms with E-state index in [2.05, 4.69) is 21.8 Å². The van der Waals surface area contributed by atoms with E-state index in [1.54, 1.807) is 6.33 Å². The fourth-order valence-corrected chi connectivity index (χ4v) is 2.25. The zero-order valence-electron chi connectivity index (χ0n) is 9.19. The lowest BCUT2D eigenvalue weighted by Crippen LogP contribution is -2.39. The predicted octanol–water partition coefficient (Wildman–Crippen LogP) is 1.83. The summed E-state index contributed by atoms with van der Waals surface area (Å²) in [5.74, 6) is 1.54. The van der Waals surface area contributed by atoms with Crippen molar-refractivity contribution in [1.29, 1.82) is 0 Å². The highest BCUT2D eigenvalue weighted by molar-refractivity contribution is 5.46. The fourth-order valence-electron chi connectivity index (χ4n) is 2.25. The van der Waals surface area contributed by atoms with Gasteiger partial charge in [0.2, 0.25) is 0 Å². The van der Waals surface area contributed by atoms with E-state index in [0.29, 0.717) is 11.9 Å². The molecule has 2 rings (SSSR count). The lowest BCUT2D eigenvalue weighted by molar-refractivity contribution is 0.446. The second kappa shape index (κ2) is 4.47. The van der Waals surface area contributed by atoms with Crippen LogP contribution in [0.4, 0.5) is 11.6 Å². The van der Waals surface area contributed by atoms with E-state index in [1.807, 2.05) is 6.07 Å². The van der Waals surface area contributed by atoms with E-state index in [1.165, 1.54) is 25.7 Å². The van der Waals surface area contributed by atoms with E-state index in [4.69, 9.17) is 5.73 Å². The number of rotatable bonds is 2. The quantitative estimate of drug-likeness (QED) is 0.802. The maximum absolute atomic E-state index is 5.67. The van der Waals surface area contributed by atoms with Crippen molar-refractivity contribution in [2.75, 3.05) is 17.2 Å². The Morgan fingerprint density at radius 2 is 2.33 bits per heavy atom. The molecule has 0 unspecified atom stereocenters. The zero-order valence-corrected chi connectivity index (χ0v) is 9.19. The highest BCUT2D eigenvalue weighted by Gasteiger charge is 2.21. The van der Waals surface area contributed by atoms with Crippen LogP contribution in [-0.4, -0.2) is 22.6 Å². The van der Waals surface area contributed by atoms with E-state index >= 15 is 0 Å². The second-order valence-corrected chi connectivity index (χ2v) is 4.05. The van der Waals surface area contributed by atoms with Crippen molar-refractivity contribution in [3.8, 4) is 0 Å². The second-order valence-electron chi connectivity index (χ2n) is 4.05. The molecule has 1 aromatic rings. The van der Waals surface area contributed by atoms with Crippen molar-refractivity contribution < 1.29 is 0 Å². The van der Waals surface area contributed by atoms with Gasteiger partial charge in [-0.25, -0.2) is 9.97 Å². The molecule has 0 radical (unpaired) electrons. The van der Waals surface area contributed by atoms with Crippen LogP contribution in [0.1, 0.15) is 32.6 Å². The summed E-state index contributed by atoms with van der Waals surface area (Å²) in [5.41, 5.74) is 5.67. The smallest absolute Gasteiger partial charge is 0.134 e. The fraction of sp³-hybridized carbons (Fsp3) is 0.636. The number of nitrogens with zero attached hydrogens (tertiary/aromatic N) is 3. The summed E-state index contributed by atoms with van der Waals surface area (Å²) in [6.07, 6.45) is 6.56. The van der Waals surface area contributed by atoms with Crippen LogP contribution < -0.4 is 10.6 Å². The van der Waals surface area contributed by atoms with Crippen molar-refractivity contribution in [2.45, 2.75) is 38.6 Å². The Kier molecular flexibility index (Phi) is 3.04. The summed E-state index contributed by atoms with van der Waals surface area (Å²) in [6, 6.07) is 2.49. The van der Waals surface area contributed by atoms with Crippen LogP contribution in [-0.2, 0) is 0 Å². The summed E-state index contributed by atoms with van der Waals surface area (Å²) in [5, 5.41) is 0. The first-order valence-corrected chi connectivity index (χ1v) is 5.65.